The third kappa shape index (κ3) is 2.50. The smallest absolute Gasteiger partial charge is 0.332 e. The summed E-state index contributed by atoms with van der Waals surface area (Å²) in [5.41, 5.74) is 0.365. The van der Waals surface area contributed by atoms with E-state index in [0.717, 1.165) is 42.6 Å². The normalized spacial score (nSPS) is 19.4. The van der Waals surface area contributed by atoms with Crippen molar-refractivity contribution in [2.45, 2.75) is 31.7 Å². The van der Waals surface area contributed by atoms with Crippen molar-refractivity contribution >= 4 is 11.7 Å². The number of aromatic nitrogens is 2. The third-order valence-corrected chi connectivity index (χ3v) is 5.28. The summed E-state index contributed by atoms with van der Waals surface area (Å²) in [6, 6.07) is 5.91. The molecule has 1 aromatic heterocycles. The fraction of sp³-hybridized carbons (Fsp3) is 0.421. The second-order valence-electron chi connectivity index (χ2n) is 6.93. The van der Waals surface area contributed by atoms with Gasteiger partial charge in [0, 0.05) is 27.1 Å². The molecule has 1 saturated heterocycles. The quantitative estimate of drug-likeness (QED) is 0.787. The molecule has 2 aromatic rings. The highest BCUT2D eigenvalue weighted by atomic mass is 19.1. The minimum atomic E-state index is -0.434. The molecule has 0 bridgehead atoms. The fourth-order valence-corrected chi connectivity index (χ4v) is 3.95. The summed E-state index contributed by atoms with van der Waals surface area (Å²) in [5, 5.41) is 0. The summed E-state index contributed by atoms with van der Waals surface area (Å²) in [6.07, 6.45) is 3.87. The van der Waals surface area contributed by atoms with Gasteiger partial charge >= 0.3 is 5.69 Å². The predicted octanol–water partition coefficient (Wildman–Crippen LogP) is 2.23. The maximum absolute atomic E-state index is 13.9. The summed E-state index contributed by atoms with van der Waals surface area (Å²) in [5.74, 6) is 0.914. The van der Waals surface area contributed by atoms with Gasteiger partial charge in [0.25, 0.3) is 5.56 Å². The van der Waals surface area contributed by atoms with Crippen LogP contribution in [0.4, 0.5) is 10.2 Å². The molecule has 1 atom stereocenters. The Bertz CT molecular complexity index is 1020. The number of halogens is 1. The first-order valence-corrected chi connectivity index (χ1v) is 8.88. The maximum atomic E-state index is 13.9. The van der Waals surface area contributed by atoms with Crippen molar-refractivity contribution in [3.63, 3.8) is 0 Å². The Morgan fingerprint density at radius 2 is 1.92 bits per heavy atom. The molecule has 26 heavy (non-hydrogen) atoms. The van der Waals surface area contributed by atoms with Gasteiger partial charge in [-0.1, -0.05) is 18.6 Å². The predicted molar refractivity (Wildman–Crippen MR) is 97.4 cm³/mol. The number of rotatable bonds is 1. The summed E-state index contributed by atoms with van der Waals surface area (Å²) in [6.45, 7) is 0.755. The van der Waals surface area contributed by atoms with E-state index in [9.17, 15) is 14.0 Å². The number of benzene rings is 1. The van der Waals surface area contributed by atoms with Gasteiger partial charge in [-0.2, -0.15) is 0 Å². The van der Waals surface area contributed by atoms with Gasteiger partial charge in [-0.25, -0.2) is 14.2 Å². The van der Waals surface area contributed by atoms with E-state index in [1.807, 2.05) is 6.07 Å². The zero-order valence-electron chi connectivity index (χ0n) is 14.9. The topological polar surface area (TPSA) is 59.6 Å². The van der Waals surface area contributed by atoms with Gasteiger partial charge in [0.1, 0.15) is 17.5 Å². The second kappa shape index (κ2) is 6.23. The van der Waals surface area contributed by atoms with Crippen LogP contribution in [0, 0.1) is 5.82 Å². The molecule has 4 rings (SSSR count). The Kier molecular flexibility index (Phi) is 4.01. The molecule has 0 saturated carbocycles. The minimum absolute atomic E-state index is 0.343. The van der Waals surface area contributed by atoms with Gasteiger partial charge in [-0.05, 0) is 30.5 Å². The molecule has 3 heterocycles. The van der Waals surface area contributed by atoms with Crippen LogP contribution in [0.3, 0.4) is 0 Å². The Morgan fingerprint density at radius 1 is 1.12 bits per heavy atom. The first-order valence-electron chi connectivity index (χ1n) is 8.88. The van der Waals surface area contributed by atoms with Crippen LogP contribution >= 0.6 is 0 Å². The SMILES string of the molecule is Cn1c2c(c(=O)n(C)c1=O)[C@H](c1cccc(F)c1)N1CCCCCC1=N2. The summed E-state index contributed by atoms with van der Waals surface area (Å²) in [7, 11) is 3.09. The summed E-state index contributed by atoms with van der Waals surface area (Å²) >= 11 is 0. The number of amidine groups is 1. The number of fused-ring (bicyclic) bond motifs is 2. The number of hydrogen-bond acceptors (Lipinski definition) is 4. The van der Waals surface area contributed by atoms with Crippen LogP contribution in [-0.2, 0) is 14.1 Å². The van der Waals surface area contributed by atoms with E-state index in [1.165, 1.54) is 23.7 Å². The van der Waals surface area contributed by atoms with E-state index in [-0.39, 0.29) is 11.4 Å². The molecule has 0 amide bonds. The molecular formula is C19H21FN4O2. The maximum Gasteiger partial charge on any atom is 0.332 e. The molecule has 0 aliphatic carbocycles. The van der Waals surface area contributed by atoms with Crippen LogP contribution in [0.15, 0.2) is 38.8 Å². The molecule has 1 fully saturated rings. The molecule has 2 aliphatic rings. The molecule has 7 heteroatoms. The molecule has 0 unspecified atom stereocenters. The largest absolute Gasteiger partial charge is 0.348 e. The van der Waals surface area contributed by atoms with Crippen molar-refractivity contribution < 1.29 is 4.39 Å². The monoisotopic (exact) mass is 356 g/mol. The third-order valence-electron chi connectivity index (χ3n) is 5.28. The average Bonchev–Trinajstić information content (AvgIpc) is 2.88. The van der Waals surface area contributed by atoms with E-state index in [2.05, 4.69) is 9.89 Å². The first kappa shape index (κ1) is 16.8. The van der Waals surface area contributed by atoms with Crippen molar-refractivity contribution in [3.05, 3.63) is 62.0 Å². The van der Waals surface area contributed by atoms with Gasteiger partial charge in [0.05, 0.1) is 11.6 Å². The molecule has 0 radical (unpaired) electrons. The number of aliphatic imine (C=N–C) groups is 1. The Morgan fingerprint density at radius 3 is 2.69 bits per heavy atom. The molecule has 0 spiro atoms. The summed E-state index contributed by atoms with van der Waals surface area (Å²) in [4.78, 5) is 32.1. The van der Waals surface area contributed by atoms with Crippen LogP contribution in [0.25, 0.3) is 0 Å². The lowest BCUT2D eigenvalue weighted by atomic mass is 9.96. The van der Waals surface area contributed by atoms with Crippen molar-refractivity contribution in [2.24, 2.45) is 19.1 Å². The lowest BCUT2D eigenvalue weighted by Gasteiger charge is -2.37. The molecule has 136 valence electrons. The van der Waals surface area contributed by atoms with E-state index < -0.39 is 11.7 Å². The molecule has 1 aromatic carbocycles. The lowest BCUT2D eigenvalue weighted by molar-refractivity contribution is 0.341. The van der Waals surface area contributed by atoms with Crippen LogP contribution in [0.5, 0.6) is 0 Å². The zero-order valence-corrected chi connectivity index (χ0v) is 14.9. The van der Waals surface area contributed by atoms with Gasteiger partial charge in [-0.3, -0.25) is 13.9 Å². The minimum Gasteiger partial charge on any atom is -0.348 e. The Hall–Kier alpha value is -2.70. The zero-order chi connectivity index (χ0) is 18.4. The van der Waals surface area contributed by atoms with Crippen molar-refractivity contribution in [3.8, 4) is 0 Å². The van der Waals surface area contributed by atoms with Crippen molar-refractivity contribution in [1.29, 1.82) is 0 Å². The van der Waals surface area contributed by atoms with Gasteiger partial charge in [0.2, 0.25) is 0 Å². The Labute approximate surface area is 150 Å². The summed E-state index contributed by atoms with van der Waals surface area (Å²) < 4.78 is 16.5. The van der Waals surface area contributed by atoms with Crippen LogP contribution in [0.2, 0.25) is 0 Å². The van der Waals surface area contributed by atoms with Gasteiger partial charge in [-0.15, -0.1) is 0 Å². The fourth-order valence-electron chi connectivity index (χ4n) is 3.95. The van der Waals surface area contributed by atoms with Crippen LogP contribution in [0.1, 0.15) is 42.9 Å². The van der Waals surface area contributed by atoms with E-state index in [0.29, 0.717) is 16.9 Å². The highest BCUT2D eigenvalue weighted by molar-refractivity contribution is 5.88. The van der Waals surface area contributed by atoms with Gasteiger partial charge in [0.15, 0.2) is 0 Å². The molecule has 2 aliphatic heterocycles. The molecule has 0 N–H and O–H groups in total. The Balaban J connectivity index is 2.05. The first-order chi connectivity index (χ1) is 12.5. The van der Waals surface area contributed by atoms with E-state index >= 15 is 0 Å². The van der Waals surface area contributed by atoms with Crippen molar-refractivity contribution in [2.75, 3.05) is 6.54 Å². The number of nitrogens with zero attached hydrogens (tertiary/aromatic N) is 4. The highest BCUT2D eigenvalue weighted by Gasteiger charge is 2.36. The molecular weight excluding hydrogens is 335 g/mol. The van der Waals surface area contributed by atoms with Crippen molar-refractivity contribution in [1.82, 2.24) is 14.0 Å². The van der Waals surface area contributed by atoms with E-state index in [1.54, 1.807) is 13.1 Å². The standard InChI is InChI=1S/C19H21FN4O2/c1-22-17-15(18(25)23(2)19(22)26)16(12-7-6-8-13(20)11-12)24-10-5-3-4-9-14(24)21-17/h6-8,11,16H,3-5,9-10H2,1-2H3/t16-/m0/s1. The highest BCUT2D eigenvalue weighted by Crippen LogP contribution is 2.38. The van der Waals surface area contributed by atoms with Crippen LogP contribution < -0.4 is 11.2 Å². The number of hydrogen-bond donors (Lipinski definition) is 0. The lowest BCUT2D eigenvalue weighted by Crippen LogP contribution is -2.46. The van der Waals surface area contributed by atoms with Gasteiger partial charge < -0.3 is 4.90 Å². The molecule has 6 nitrogen and oxygen atoms in total. The van der Waals surface area contributed by atoms with Crippen LogP contribution in [-0.4, -0.2) is 26.4 Å². The van der Waals surface area contributed by atoms with E-state index in [4.69, 9.17) is 0 Å². The average molecular weight is 356 g/mol. The second-order valence-corrected chi connectivity index (χ2v) is 6.93.